The van der Waals surface area contributed by atoms with Crippen molar-refractivity contribution in [2.24, 2.45) is 5.73 Å². The molecule has 19 heavy (non-hydrogen) atoms. The van der Waals surface area contributed by atoms with Crippen LogP contribution in [0.2, 0.25) is 5.02 Å². The summed E-state index contributed by atoms with van der Waals surface area (Å²) in [4.78, 5) is 11.9. The van der Waals surface area contributed by atoms with E-state index >= 15 is 0 Å². The molecule has 0 aromatic heterocycles. The molecule has 0 spiro atoms. The van der Waals surface area contributed by atoms with E-state index in [4.69, 9.17) is 26.8 Å². The summed E-state index contributed by atoms with van der Waals surface area (Å²) in [6.07, 6.45) is 1.47. The van der Waals surface area contributed by atoms with Crippen LogP contribution in [-0.2, 0) is 4.79 Å². The number of nitrogens with one attached hydrogen (secondary N) is 1. The van der Waals surface area contributed by atoms with Crippen molar-refractivity contribution in [3.63, 3.8) is 0 Å². The van der Waals surface area contributed by atoms with Crippen molar-refractivity contribution < 1.29 is 14.3 Å². The molecule has 1 rings (SSSR count). The lowest BCUT2D eigenvalue weighted by Crippen LogP contribution is -2.35. The first-order valence-electron chi connectivity index (χ1n) is 6.01. The molecule has 0 fully saturated rings. The smallest absolute Gasteiger partial charge is 0.241 e. The predicted molar refractivity (Wildman–Crippen MR) is 76.1 cm³/mol. The molecule has 6 heteroatoms. The molecular weight excluding hydrogens is 268 g/mol. The van der Waals surface area contributed by atoms with E-state index in [0.29, 0.717) is 28.6 Å². The molecule has 1 atom stereocenters. The van der Waals surface area contributed by atoms with E-state index in [9.17, 15) is 4.79 Å². The monoisotopic (exact) mass is 286 g/mol. The zero-order chi connectivity index (χ0) is 14.4. The number of anilines is 1. The molecule has 3 N–H and O–H groups in total. The lowest BCUT2D eigenvalue weighted by atomic mass is 10.1. The van der Waals surface area contributed by atoms with Gasteiger partial charge in [0.25, 0.3) is 0 Å². The third-order valence-electron chi connectivity index (χ3n) is 2.67. The molecule has 1 amide bonds. The standard InChI is InChI=1S/C13H19ClN2O3/c1-4-5-9(15)13(17)16-10-6-8(14)11(18-2)7-12(10)19-3/h6-7,9H,4-5,15H2,1-3H3,(H,16,17)/t9-/m1/s1. The Labute approximate surface area is 118 Å². The Hall–Kier alpha value is -1.46. The average molecular weight is 287 g/mol. The van der Waals surface area contributed by atoms with Crippen LogP contribution in [0.25, 0.3) is 0 Å². The number of amides is 1. The molecule has 0 aliphatic heterocycles. The van der Waals surface area contributed by atoms with Crippen molar-refractivity contribution >= 4 is 23.2 Å². The second kappa shape index (κ2) is 7.21. The second-order valence-electron chi connectivity index (χ2n) is 4.07. The van der Waals surface area contributed by atoms with Crippen LogP contribution in [0.4, 0.5) is 5.69 Å². The second-order valence-corrected chi connectivity index (χ2v) is 4.48. The fourth-order valence-corrected chi connectivity index (χ4v) is 1.87. The van der Waals surface area contributed by atoms with Crippen molar-refractivity contribution in [2.45, 2.75) is 25.8 Å². The van der Waals surface area contributed by atoms with Crippen LogP contribution in [0.1, 0.15) is 19.8 Å². The SMILES string of the molecule is CCC[C@@H](N)C(=O)Nc1cc(Cl)c(OC)cc1OC. The first-order chi connectivity index (χ1) is 9.03. The topological polar surface area (TPSA) is 73.6 Å². The summed E-state index contributed by atoms with van der Waals surface area (Å²) in [5, 5.41) is 3.10. The van der Waals surface area contributed by atoms with Crippen LogP contribution in [0.5, 0.6) is 11.5 Å². The van der Waals surface area contributed by atoms with E-state index in [-0.39, 0.29) is 5.91 Å². The summed E-state index contributed by atoms with van der Waals surface area (Å²) in [5.74, 6) is 0.689. The molecule has 0 saturated carbocycles. The molecule has 106 valence electrons. The van der Waals surface area contributed by atoms with E-state index in [1.165, 1.54) is 14.2 Å². The summed E-state index contributed by atoms with van der Waals surface area (Å²) in [7, 11) is 3.01. The summed E-state index contributed by atoms with van der Waals surface area (Å²) in [6.45, 7) is 1.97. The highest BCUT2D eigenvalue weighted by molar-refractivity contribution is 6.32. The molecule has 0 bridgehead atoms. The number of carbonyl (C=O) groups excluding carboxylic acids is 1. The molecule has 0 heterocycles. The minimum Gasteiger partial charge on any atom is -0.495 e. The number of ether oxygens (including phenoxy) is 2. The largest absolute Gasteiger partial charge is 0.495 e. The minimum absolute atomic E-state index is 0.263. The van der Waals surface area contributed by atoms with Gasteiger partial charge in [0.2, 0.25) is 5.91 Å². The third-order valence-corrected chi connectivity index (χ3v) is 2.96. The van der Waals surface area contributed by atoms with Gasteiger partial charge in [-0.1, -0.05) is 24.9 Å². The van der Waals surface area contributed by atoms with Gasteiger partial charge >= 0.3 is 0 Å². The van der Waals surface area contributed by atoms with E-state index < -0.39 is 6.04 Å². The summed E-state index contributed by atoms with van der Waals surface area (Å²) < 4.78 is 10.3. The van der Waals surface area contributed by atoms with Gasteiger partial charge in [0.05, 0.1) is 31.0 Å². The number of halogens is 1. The highest BCUT2D eigenvalue weighted by Crippen LogP contribution is 2.35. The minimum atomic E-state index is -0.546. The molecule has 5 nitrogen and oxygen atoms in total. The quantitative estimate of drug-likeness (QED) is 0.842. The van der Waals surface area contributed by atoms with Gasteiger partial charge in [0, 0.05) is 6.07 Å². The summed E-state index contributed by atoms with van der Waals surface area (Å²) in [5.41, 5.74) is 6.23. The summed E-state index contributed by atoms with van der Waals surface area (Å²) in [6, 6.07) is 2.65. The zero-order valence-electron chi connectivity index (χ0n) is 11.3. The van der Waals surface area contributed by atoms with E-state index in [1.54, 1.807) is 12.1 Å². The van der Waals surface area contributed by atoms with Crippen molar-refractivity contribution in [3.8, 4) is 11.5 Å². The number of hydrogen-bond donors (Lipinski definition) is 2. The number of nitrogens with two attached hydrogens (primary N) is 1. The number of carbonyl (C=O) groups is 1. The Morgan fingerprint density at radius 2 is 2.00 bits per heavy atom. The highest BCUT2D eigenvalue weighted by atomic mass is 35.5. The lowest BCUT2D eigenvalue weighted by Gasteiger charge is -2.15. The molecule has 0 aliphatic rings. The van der Waals surface area contributed by atoms with Gasteiger partial charge in [-0.3, -0.25) is 4.79 Å². The Kier molecular flexibility index (Phi) is 5.92. The average Bonchev–Trinajstić information content (AvgIpc) is 2.39. The maximum atomic E-state index is 11.9. The van der Waals surface area contributed by atoms with Crippen LogP contribution in [0.3, 0.4) is 0 Å². The van der Waals surface area contributed by atoms with Crippen LogP contribution < -0.4 is 20.5 Å². The van der Waals surface area contributed by atoms with Gasteiger partial charge in [0.15, 0.2) is 0 Å². The van der Waals surface area contributed by atoms with Gasteiger partial charge < -0.3 is 20.5 Å². The van der Waals surface area contributed by atoms with Crippen molar-refractivity contribution in [1.29, 1.82) is 0 Å². The van der Waals surface area contributed by atoms with Gasteiger partial charge in [-0.05, 0) is 12.5 Å². The molecule has 0 saturated heterocycles. The Bertz CT molecular complexity index is 452. The van der Waals surface area contributed by atoms with E-state index in [0.717, 1.165) is 6.42 Å². The maximum absolute atomic E-state index is 11.9. The summed E-state index contributed by atoms with van der Waals surface area (Å²) >= 11 is 6.02. The number of benzene rings is 1. The molecule has 0 unspecified atom stereocenters. The molecule has 1 aromatic rings. The number of hydrogen-bond acceptors (Lipinski definition) is 4. The van der Waals surface area contributed by atoms with Crippen molar-refractivity contribution in [3.05, 3.63) is 17.2 Å². The predicted octanol–water partition coefficient (Wildman–Crippen LogP) is 2.42. The van der Waals surface area contributed by atoms with Gasteiger partial charge in [-0.25, -0.2) is 0 Å². The van der Waals surface area contributed by atoms with Crippen molar-refractivity contribution in [1.82, 2.24) is 0 Å². The number of methoxy groups -OCH3 is 2. The zero-order valence-corrected chi connectivity index (χ0v) is 12.1. The van der Waals surface area contributed by atoms with Gasteiger partial charge in [-0.2, -0.15) is 0 Å². The third kappa shape index (κ3) is 4.01. The first-order valence-corrected chi connectivity index (χ1v) is 6.39. The molecule has 1 aromatic carbocycles. The van der Waals surface area contributed by atoms with Crippen LogP contribution in [-0.4, -0.2) is 26.2 Å². The molecule has 0 radical (unpaired) electrons. The normalized spacial score (nSPS) is 11.8. The van der Waals surface area contributed by atoms with Crippen LogP contribution in [0, 0.1) is 0 Å². The maximum Gasteiger partial charge on any atom is 0.241 e. The Morgan fingerprint density at radius 3 is 2.53 bits per heavy atom. The van der Waals surface area contributed by atoms with Gasteiger partial charge in [-0.15, -0.1) is 0 Å². The first kappa shape index (κ1) is 15.6. The van der Waals surface area contributed by atoms with Crippen LogP contribution in [0.15, 0.2) is 12.1 Å². The van der Waals surface area contributed by atoms with E-state index in [2.05, 4.69) is 5.32 Å². The number of rotatable bonds is 6. The molecular formula is C13H19ClN2O3. The van der Waals surface area contributed by atoms with Crippen molar-refractivity contribution in [2.75, 3.05) is 19.5 Å². The van der Waals surface area contributed by atoms with Crippen LogP contribution >= 0.6 is 11.6 Å². The fourth-order valence-electron chi connectivity index (χ4n) is 1.63. The molecule has 0 aliphatic carbocycles. The van der Waals surface area contributed by atoms with Gasteiger partial charge in [0.1, 0.15) is 11.5 Å². The lowest BCUT2D eigenvalue weighted by molar-refractivity contribution is -0.117. The van der Waals surface area contributed by atoms with E-state index in [1.807, 2.05) is 6.92 Å². The highest BCUT2D eigenvalue weighted by Gasteiger charge is 2.16. The fraction of sp³-hybridized carbons (Fsp3) is 0.462. The Morgan fingerprint density at radius 1 is 1.37 bits per heavy atom. The Balaban J connectivity index is 2.94.